The summed E-state index contributed by atoms with van der Waals surface area (Å²) in [4.78, 5) is 0. The molecule has 0 rings (SSSR count). The fourth-order valence-electron chi connectivity index (χ4n) is 0.353. The minimum absolute atomic E-state index is 0. The van der Waals surface area contributed by atoms with Crippen LogP contribution in [-0.4, -0.2) is 24.4 Å². The molecule has 0 saturated heterocycles. The van der Waals surface area contributed by atoms with Crippen LogP contribution in [0.5, 0.6) is 0 Å². The summed E-state index contributed by atoms with van der Waals surface area (Å²) in [5.41, 5.74) is -0.672. The van der Waals surface area contributed by atoms with Gasteiger partial charge in [0.1, 0.15) is 0 Å². The minimum atomic E-state index is -0.672. The number of methoxy groups -OCH3 is 1. The summed E-state index contributed by atoms with van der Waals surface area (Å²) < 4.78 is 4.66. The van der Waals surface area contributed by atoms with Crippen LogP contribution in [0.4, 0.5) is 0 Å². The molecule has 0 fully saturated rings. The molecule has 9 heavy (non-hydrogen) atoms. The van der Waals surface area contributed by atoms with Gasteiger partial charge in [0, 0.05) is 50.5 Å². The van der Waals surface area contributed by atoms with E-state index in [0.717, 1.165) is 0 Å². The topological polar surface area (TPSA) is 29.5 Å². The molecular formula is C5H12O2Ti2. The molecule has 0 aromatic carbocycles. The molecule has 0 aliphatic heterocycles. The fraction of sp³-hybridized carbons (Fsp3) is 1.00. The van der Waals surface area contributed by atoms with Crippen LogP contribution < -0.4 is 0 Å². The van der Waals surface area contributed by atoms with Gasteiger partial charge < -0.3 is 9.84 Å². The van der Waals surface area contributed by atoms with Gasteiger partial charge in [-0.1, -0.05) is 0 Å². The van der Waals surface area contributed by atoms with E-state index in [0.29, 0.717) is 6.61 Å². The zero-order chi connectivity index (χ0) is 5.91. The molecule has 0 radical (unpaired) electrons. The average Bonchev–Trinajstić information content (AvgIpc) is 1.30. The summed E-state index contributed by atoms with van der Waals surface area (Å²) in [6.07, 6.45) is 0. The van der Waals surface area contributed by atoms with Gasteiger partial charge in [0.15, 0.2) is 0 Å². The van der Waals surface area contributed by atoms with Gasteiger partial charge in [0.25, 0.3) is 0 Å². The normalized spacial score (nSPS) is 9.33. The smallest absolute Gasteiger partial charge is 0.0824 e. The van der Waals surface area contributed by atoms with Gasteiger partial charge in [0.2, 0.25) is 0 Å². The molecule has 0 spiro atoms. The van der Waals surface area contributed by atoms with Crippen molar-refractivity contribution in [3.8, 4) is 0 Å². The van der Waals surface area contributed by atoms with Gasteiger partial charge in [-0.15, -0.1) is 0 Å². The van der Waals surface area contributed by atoms with Crippen LogP contribution in [0.2, 0.25) is 0 Å². The third-order valence-corrected chi connectivity index (χ3v) is 0.498. The second kappa shape index (κ2) is 7.46. The van der Waals surface area contributed by atoms with Crippen LogP contribution in [0.1, 0.15) is 13.8 Å². The molecule has 0 aliphatic rings. The summed E-state index contributed by atoms with van der Waals surface area (Å²) in [6, 6.07) is 0. The van der Waals surface area contributed by atoms with Crippen molar-refractivity contribution in [3.05, 3.63) is 0 Å². The molecule has 0 aliphatic carbocycles. The summed E-state index contributed by atoms with van der Waals surface area (Å²) in [7, 11) is 1.57. The van der Waals surface area contributed by atoms with Crippen molar-refractivity contribution in [2.75, 3.05) is 13.7 Å². The Bertz CT molecular complexity index is 51.4. The van der Waals surface area contributed by atoms with E-state index in [1.54, 1.807) is 21.0 Å². The van der Waals surface area contributed by atoms with E-state index in [2.05, 4.69) is 4.74 Å². The van der Waals surface area contributed by atoms with Crippen molar-refractivity contribution in [2.24, 2.45) is 0 Å². The first kappa shape index (κ1) is 16.7. The number of ether oxygens (including phenoxy) is 1. The molecule has 0 bridgehead atoms. The Morgan fingerprint density at radius 1 is 1.33 bits per heavy atom. The molecule has 0 amide bonds. The average molecular weight is 200 g/mol. The molecule has 0 heterocycles. The Balaban J connectivity index is -0.000000180. The zero-order valence-corrected chi connectivity index (χ0v) is 9.19. The summed E-state index contributed by atoms with van der Waals surface area (Å²) in [5.74, 6) is 0. The first-order valence-corrected chi connectivity index (χ1v) is 2.27. The van der Waals surface area contributed by atoms with Gasteiger partial charge in [0.05, 0.1) is 12.2 Å². The van der Waals surface area contributed by atoms with Gasteiger partial charge in [-0.2, -0.15) is 0 Å². The van der Waals surface area contributed by atoms with Crippen molar-refractivity contribution in [2.45, 2.75) is 19.4 Å². The molecule has 2 nitrogen and oxygen atoms in total. The zero-order valence-electron chi connectivity index (χ0n) is 6.06. The van der Waals surface area contributed by atoms with Gasteiger partial charge in [-0.3, -0.25) is 0 Å². The van der Waals surface area contributed by atoms with Crippen LogP contribution in [0.25, 0.3) is 0 Å². The van der Waals surface area contributed by atoms with Gasteiger partial charge in [-0.25, -0.2) is 0 Å². The molecule has 0 aromatic rings. The molecule has 52 valence electrons. The largest absolute Gasteiger partial charge is 0.388 e. The second-order valence-corrected chi connectivity index (χ2v) is 2.25. The fourth-order valence-corrected chi connectivity index (χ4v) is 0.353. The Labute approximate surface area is 86.1 Å². The Hall–Kier alpha value is 1.35. The van der Waals surface area contributed by atoms with E-state index in [9.17, 15) is 0 Å². The third kappa shape index (κ3) is 17.6. The van der Waals surface area contributed by atoms with E-state index >= 15 is 0 Å². The van der Waals surface area contributed by atoms with Crippen LogP contribution in [-0.2, 0) is 48.2 Å². The van der Waals surface area contributed by atoms with Crippen molar-refractivity contribution >= 4 is 0 Å². The molecule has 4 heteroatoms. The van der Waals surface area contributed by atoms with Crippen molar-refractivity contribution in [1.29, 1.82) is 0 Å². The van der Waals surface area contributed by atoms with Crippen molar-refractivity contribution in [3.63, 3.8) is 0 Å². The van der Waals surface area contributed by atoms with Crippen LogP contribution in [0.3, 0.4) is 0 Å². The minimum Gasteiger partial charge on any atom is -0.388 e. The standard InChI is InChI=1S/C5H12O2.2Ti/c1-5(2,6)4-7-3;;/h6H,4H2,1-3H3;;. The maximum absolute atomic E-state index is 8.89. The Kier molecular flexibility index (Phi) is 13.9. The molecule has 0 aromatic heterocycles. The summed E-state index contributed by atoms with van der Waals surface area (Å²) >= 11 is 0. The van der Waals surface area contributed by atoms with E-state index < -0.39 is 5.60 Å². The molecule has 0 unspecified atom stereocenters. The summed E-state index contributed by atoms with van der Waals surface area (Å²) in [6.45, 7) is 3.81. The molecular weight excluding hydrogens is 188 g/mol. The monoisotopic (exact) mass is 200 g/mol. The quantitative estimate of drug-likeness (QED) is 0.653. The van der Waals surface area contributed by atoms with Crippen LogP contribution in [0, 0.1) is 0 Å². The molecule has 0 atom stereocenters. The van der Waals surface area contributed by atoms with Gasteiger partial charge in [-0.05, 0) is 13.8 Å². The number of hydrogen-bond acceptors (Lipinski definition) is 2. The predicted octanol–water partition coefficient (Wildman–Crippen LogP) is 0.399. The number of hydrogen-bond donors (Lipinski definition) is 1. The number of rotatable bonds is 2. The second-order valence-electron chi connectivity index (χ2n) is 2.25. The molecule has 1 N–H and O–H groups in total. The van der Waals surface area contributed by atoms with Crippen molar-refractivity contribution < 1.29 is 53.3 Å². The van der Waals surface area contributed by atoms with Gasteiger partial charge >= 0.3 is 0 Å². The molecule has 0 saturated carbocycles. The van der Waals surface area contributed by atoms with Crippen molar-refractivity contribution in [1.82, 2.24) is 0 Å². The van der Waals surface area contributed by atoms with E-state index in [4.69, 9.17) is 5.11 Å². The maximum Gasteiger partial charge on any atom is 0.0824 e. The predicted molar refractivity (Wildman–Crippen MR) is 28.2 cm³/mol. The first-order valence-electron chi connectivity index (χ1n) is 2.27. The van der Waals surface area contributed by atoms with Crippen LogP contribution >= 0.6 is 0 Å². The van der Waals surface area contributed by atoms with Crippen LogP contribution in [0.15, 0.2) is 0 Å². The first-order chi connectivity index (χ1) is 3.06. The van der Waals surface area contributed by atoms with E-state index in [-0.39, 0.29) is 43.4 Å². The third-order valence-electron chi connectivity index (χ3n) is 0.498. The Morgan fingerprint density at radius 2 is 1.67 bits per heavy atom. The maximum atomic E-state index is 8.89. The Morgan fingerprint density at radius 3 is 1.67 bits per heavy atom. The summed E-state index contributed by atoms with van der Waals surface area (Å²) in [5, 5.41) is 8.89. The van der Waals surface area contributed by atoms with E-state index in [1.807, 2.05) is 0 Å². The number of aliphatic hydroxyl groups is 1. The van der Waals surface area contributed by atoms with E-state index in [1.165, 1.54) is 0 Å². The SMILES string of the molecule is COCC(C)(C)O.[Ti].[Ti].